The third-order valence-electron chi connectivity index (χ3n) is 3.78. The maximum atomic E-state index is 12.5. The first-order valence-corrected chi connectivity index (χ1v) is 7.80. The van der Waals surface area contributed by atoms with Crippen LogP contribution in [-0.2, 0) is 16.0 Å². The van der Waals surface area contributed by atoms with Gasteiger partial charge in [-0.05, 0) is 24.5 Å². The number of para-hydroxylation sites is 1. The highest BCUT2D eigenvalue weighted by molar-refractivity contribution is 5.99. The second-order valence-corrected chi connectivity index (χ2v) is 5.42. The molecule has 0 aromatic heterocycles. The van der Waals surface area contributed by atoms with Crippen molar-refractivity contribution >= 4 is 17.7 Å². The second-order valence-electron chi connectivity index (χ2n) is 5.42. The van der Waals surface area contributed by atoms with Gasteiger partial charge in [0.05, 0.1) is 11.7 Å². The largest absolute Gasteiger partial charge is 0.425 e. The molecule has 2 amide bonds. The van der Waals surface area contributed by atoms with Gasteiger partial charge in [0, 0.05) is 19.6 Å². The standard InChI is InChI=1S/C16H23N3O4/c1-2-12(17)15(21)19-13-7-4-3-6-11(13)10-14(19)23-16(22)18-8-5-9-20/h3-4,6-7,12,14,20H,2,5,8-10,17H2,1H3,(H,18,22)/t12-,14-/m0/s1. The monoisotopic (exact) mass is 321 g/mol. The molecule has 23 heavy (non-hydrogen) atoms. The molecule has 0 saturated carbocycles. The van der Waals surface area contributed by atoms with Crippen molar-refractivity contribution in [2.45, 2.75) is 38.5 Å². The van der Waals surface area contributed by atoms with Crippen molar-refractivity contribution < 1.29 is 19.4 Å². The lowest BCUT2D eigenvalue weighted by Crippen LogP contribution is -2.49. The molecule has 0 fully saturated rings. The second kappa shape index (κ2) is 7.94. The van der Waals surface area contributed by atoms with Gasteiger partial charge >= 0.3 is 6.09 Å². The van der Waals surface area contributed by atoms with E-state index in [2.05, 4.69) is 5.32 Å². The molecule has 0 spiro atoms. The molecule has 1 aliphatic rings. The van der Waals surface area contributed by atoms with E-state index in [0.29, 0.717) is 25.8 Å². The Hall–Kier alpha value is -2.12. The number of hydrogen-bond donors (Lipinski definition) is 3. The van der Waals surface area contributed by atoms with E-state index in [1.165, 1.54) is 4.90 Å². The molecule has 0 saturated heterocycles. The SMILES string of the molecule is CC[C@H](N)C(=O)N1c2ccccc2C[C@@H]1OC(=O)NCCCO. The van der Waals surface area contributed by atoms with Gasteiger partial charge in [-0.1, -0.05) is 25.1 Å². The van der Waals surface area contributed by atoms with Gasteiger partial charge in [0.25, 0.3) is 0 Å². The number of carbonyl (C=O) groups excluding carboxylic acids is 2. The molecule has 4 N–H and O–H groups in total. The van der Waals surface area contributed by atoms with Crippen LogP contribution in [0.3, 0.4) is 0 Å². The summed E-state index contributed by atoms with van der Waals surface area (Å²) < 4.78 is 5.39. The molecule has 1 aliphatic heterocycles. The van der Waals surface area contributed by atoms with Crippen LogP contribution in [0.1, 0.15) is 25.3 Å². The molecule has 126 valence electrons. The average molecular weight is 321 g/mol. The lowest BCUT2D eigenvalue weighted by Gasteiger charge is -2.27. The van der Waals surface area contributed by atoms with Crippen molar-refractivity contribution in [3.8, 4) is 0 Å². The van der Waals surface area contributed by atoms with Gasteiger partial charge in [-0.15, -0.1) is 0 Å². The molecule has 2 rings (SSSR count). The van der Waals surface area contributed by atoms with Crippen LogP contribution in [0.4, 0.5) is 10.5 Å². The van der Waals surface area contributed by atoms with Crippen molar-refractivity contribution in [2.24, 2.45) is 5.73 Å². The average Bonchev–Trinajstić information content (AvgIpc) is 2.91. The highest BCUT2D eigenvalue weighted by atomic mass is 16.6. The van der Waals surface area contributed by atoms with E-state index in [0.717, 1.165) is 11.3 Å². The van der Waals surface area contributed by atoms with E-state index in [-0.39, 0.29) is 12.5 Å². The fraction of sp³-hybridized carbons (Fsp3) is 0.500. The fourth-order valence-electron chi connectivity index (χ4n) is 2.50. The summed E-state index contributed by atoms with van der Waals surface area (Å²) in [6, 6.07) is 6.80. The zero-order chi connectivity index (χ0) is 16.8. The number of amides is 2. The summed E-state index contributed by atoms with van der Waals surface area (Å²) in [5, 5.41) is 11.3. The molecule has 1 heterocycles. The lowest BCUT2D eigenvalue weighted by atomic mass is 10.1. The van der Waals surface area contributed by atoms with E-state index in [1.807, 2.05) is 31.2 Å². The Bertz CT molecular complexity index is 564. The summed E-state index contributed by atoms with van der Waals surface area (Å²) in [6.07, 6.45) is 0.0768. The highest BCUT2D eigenvalue weighted by Crippen LogP contribution is 2.33. The first-order valence-electron chi connectivity index (χ1n) is 7.80. The van der Waals surface area contributed by atoms with Crippen LogP contribution in [0.5, 0.6) is 0 Å². The van der Waals surface area contributed by atoms with Crippen LogP contribution >= 0.6 is 0 Å². The molecule has 0 aliphatic carbocycles. The third kappa shape index (κ3) is 4.00. The molecule has 0 unspecified atom stereocenters. The zero-order valence-corrected chi connectivity index (χ0v) is 13.2. The minimum atomic E-state index is -0.702. The van der Waals surface area contributed by atoms with Gasteiger partial charge in [-0.25, -0.2) is 4.79 Å². The third-order valence-corrected chi connectivity index (χ3v) is 3.78. The number of aliphatic hydroxyl groups excluding tert-OH is 1. The molecule has 0 bridgehead atoms. The summed E-state index contributed by atoms with van der Waals surface area (Å²) in [5.74, 6) is -0.259. The number of nitrogens with two attached hydrogens (primary N) is 1. The fourth-order valence-corrected chi connectivity index (χ4v) is 2.50. The number of anilines is 1. The Morgan fingerprint density at radius 3 is 2.91 bits per heavy atom. The van der Waals surface area contributed by atoms with Crippen LogP contribution in [0.15, 0.2) is 24.3 Å². The van der Waals surface area contributed by atoms with Crippen LogP contribution in [-0.4, -0.2) is 42.5 Å². The maximum absolute atomic E-state index is 12.5. The minimum Gasteiger partial charge on any atom is -0.425 e. The van der Waals surface area contributed by atoms with Crippen LogP contribution in [0.25, 0.3) is 0 Å². The minimum absolute atomic E-state index is 0.00882. The normalized spacial score (nSPS) is 17.5. The van der Waals surface area contributed by atoms with E-state index in [4.69, 9.17) is 15.6 Å². The topological polar surface area (TPSA) is 105 Å². The highest BCUT2D eigenvalue weighted by Gasteiger charge is 2.37. The number of aliphatic hydroxyl groups is 1. The van der Waals surface area contributed by atoms with Gasteiger partial charge in [-0.3, -0.25) is 9.69 Å². The van der Waals surface area contributed by atoms with Gasteiger partial charge in [0.15, 0.2) is 6.23 Å². The molecule has 7 heteroatoms. The Morgan fingerprint density at radius 2 is 2.22 bits per heavy atom. The predicted molar refractivity (Wildman–Crippen MR) is 85.9 cm³/mol. The Labute approximate surface area is 135 Å². The van der Waals surface area contributed by atoms with E-state index in [9.17, 15) is 9.59 Å². The Morgan fingerprint density at radius 1 is 1.48 bits per heavy atom. The van der Waals surface area contributed by atoms with E-state index < -0.39 is 18.4 Å². The summed E-state index contributed by atoms with van der Waals surface area (Å²) in [7, 11) is 0. The van der Waals surface area contributed by atoms with Crippen LogP contribution < -0.4 is 16.0 Å². The molecule has 7 nitrogen and oxygen atoms in total. The summed E-state index contributed by atoms with van der Waals surface area (Å²) in [6.45, 7) is 2.14. The molecule has 0 radical (unpaired) electrons. The number of carbonyl (C=O) groups is 2. The molecule has 2 atom stereocenters. The number of nitrogens with zero attached hydrogens (tertiary/aromatic N) is 1. The first-order chi connectivity index (χ1) is 11.1. The molecule has 1 aromatic carbocycles. The molecular formula is C16H23N3O4. The smallest absolute Gasteiger partial charge is 0.409 e. The van der Waals surface area contributed by atoms with Gasteiger partial charge in [-0.2, -0.15) is 0 Å². The van der Waals surface area contributed by atoms with Crippen LogP contribution in [0, 0.1) is 0 Å². The quantitative estimate of drug-likeness (QED) is 0.671. The summed E-state index contributed by atoms with van der Waals surface area (Å²) in [4.78, 5) is 25.9. The summed E-state index contributed by atoms with van der Waals surface area (Å²) in [5.41, 5.74) is 7.54. The van der Waals surface area contributed by atoms with Gasteiger partial charge < -0.3 is 20.9 Å². The van der Waals surface area contributed by atoms with Gasteiger partial charge in [0.1, 0.15) is 0 Å². The number of hydrogen-bond acceptors (Lipinski definition) is 5. The number of benzene rings is 1. The van der Waals surface area contributed by atoms with E-state index >= 15 is 0 Å². The van der Waals surface area contributed by atoms with Crippen molar-refractivity contribution in [2.75, 3.05) is 18.1 Å². The summed E-state index contributed by atoms with van der Waals surface area (Å²) >= 11 is 0. The number of ether oxygens (including phenoxy) is 1. The molecular weight excluding hydrogens is 298 g/mol. The van der Waals surface area contributed by atoms with Crippen molar-refractivity contribution in [3.05, 3.63) is 29.8 Å². The number of rotatable bonds is 6. The molecule has 1 aromatic rings. The Balaban J connectivity index is 2.12. The van der Waals surface area contributed by atoms with Gasteiger partial charge in [0.2, 0.25) is 5.91 Å². The maximum Gasteiger partial charge on any atom is 0.409 e. The number of nitrogens with one attached hydrogen (secondary N) is 1. The zero-order valence-electron chi connectivity index (χ0n) is 13.2. The first kappa shape index (κ1) is 17.2. The number of alkyl carbamates (subject to hydrolysis) is 1. The number of fused-ring (bicyclic) bond motifs is 1. The van der Waals surface area contributed by atoms with Crippen LogP contribution in [0.2, 0.25) is 0 Å². The van der Waals surface area contributed by atoms with Crippen molar-refractivity contribution in [1.29, 1.82) is 0 Å². The van der Waals surface area contributed by atoms with E-state index in [1.54, 1.807) is 0 Å². The van der Waals surface area contributed by atoms with Crippen molar-refractivity contribution in [1.82, 2.24) is 5.32 Å². The predicted octanol–water partition coefficient (Wildman–Crippen LogP) is 0.748. The Kier molecular flexibility index (Phi) is 5.95. The lowest BCUT2D eigenvalue weighted by molar-refractivity contribution is -0.121. The van der Waals surface area contributed by atoms with Crippen molar-refractivity contribution in [3.63, 3.8) is 0 Å².